The number of imidazole rings is 1. The molecular weight excluding hydrogens is 432 g/mol. The fraction of sp³-hybridized carbons (Fsp3) is 0.261. The van der Waals surface area contributed by atoms with Gasteiger partial charge in [-0.25, -0.2) is 9.78 Å². The van der Waals surface area contributed by atoms with E-state index in [-0.39, 0.29) is 17.0 Å². The first-order valence-electron chi connectivity index (χ1n) is 10.1. The van der Waals surface area contributed by atoms with Crippen molar-refractivity contribution < 1.29 is 14.3 Å². The van der Waals surface area contributed by atoms with Gasteiger partial charge in [0.25, 0.3) is 5.56 Å². The molecule has 2 N–H and O–H groups in total. The first-order valence-corrected chi connectivity index (χ1v) is 10.5. The summed E-state index contributed by atoms with van der Waals surface area (Å²) in [5, 5.41) is 0.540. The monoisotopic (exact) mass is 454 g/mol. The summed E-state index contributed by atoms with van der Waals surface area (Å²) in [6.07, 6.45) is 6.06. The molecule has 3 heterocycles. The number of ether oxygens (including phenoxy) is 2. The molecule has 1 aliphatic rings. The largest absolute Gasteiger partial charge is 0.465 e. The summed E-state index contributed by atoms with van der Waals surface area (Å²) >= 11 is 6.06. The van der Waals surface area contributed by atoms with Crippen molar-refractivity contribution in [2.24, 2.45) is 5.73 Å². The Balaban J connectivity index is 1.80. The van der Waals surface area contributed by atoms with E-state index in [1.807, 2.05) is 17.7 Å². The summed E-state index contributed by atoms with van der Waals surface area (Å²) in [5.41, 5.74) is 7.74. The number of halogens is 1. The average Bonchev–Trinajstić information content (AvgIpc) is 3.29. The second-order valence-corrected chi connectivity index (χ2v) is 7.97. The molecule has 0 unspecified atom stereocenters. The van der Waals surface area contributed by atoms with E-state index in [0.29, 0.717) is 28.4 Å². The minimum Gasteiger partial charge on any atom is -0.465 e. The predicted molar refractivity (Wildman–Crippen MR) is 119 cm³/mol. The normalized spacial score (nSPS) is 15.3. The smallest absolute Gasteiger partial charge is 0.340 e. The summed E-state index contributed by atoms with van der Waals surface area (Å²) in [6, 6.07) is 8.71. The number of aryl methyl sites for hydroxylation is 2. The molecule has 8 nitrogen and oxygen atoms in total. The number of pyridine rings is 1. The van der Waals surface area contributed by atoms with Gasteiger partial charge in [0.15, 0.2) is 0 Å². The molecule has 166 valence electrons. The SMILES string of the molecule is COC(=O)C1=C(N)Oc2cc(C)n(CCCn3ccnc3)c(=O)c2[C@@H]1c1ccc(Cl)cc1. The van der Waals surface area contributed by atoms with E-state index >= 15 is 0 Å². The van der Waals surface area contributed by atoms with E-state index in [2.05, 4.69) is 4.98 Å². The van der Waals surface area contributed by atoms with Crippen molar-refractivity contribution in [3.63, 3.8) is 0 Å². The molecule has 0 fully saturated rings. The quantitative estimate of drug-likeness (QED) is 0.574. The van der Waals surface area contributed by atoms with Gasteiger partial charge in [-0.1, -0.05) is 23.7 Å². The zero-order valence-corrected chi connectivity index (χ0v) is 18.5. The summed E-state index contributed by atoms with van der Waals surface area (Å²) in [5.74, 6) is -1.14. The first-order chi connectivity index (χ1) is 15.4. The van der Waals surface area contributed by atoms with Crippen LogP contribution in [-0.4, -0.2) is 27.2 Å². The third-order valence-corrected chi connectivity index (χ3v) is 5.79. The molecular formula is C23H23ClN4O4. The van der Waals surface area contributed by atoms with Crippen molar-refractivity contribution in [3.8, 4) is 5.75 Å². The van der Waals surface area contributed by atoms with Crippen LogP contribution in [0, 0.1) is 6.92 Å². The Bertz CT molecular complexity index is 1230. The van der Waals surface area contributed by atoms with E-state index in [1.165, 1.54) is 7.11 Å². The number of hydrogen-bond acceptors (Lipinski definition) is 6. The minimum absolute atomic E-state index is 0.0824. The van der Waals surface area contributed by atoms with Gasteiger partial charge in [-0.15, -0.1) is 0 Å². The molecule has 0 spiro atoms. The van der Waals surface area contributed by atoms with Crippen molar-refractivity contribution >= 4 is 17.6 Å². The highest BCUT2D eigenvalue weighted by atomic mass is 35.5. The summed E-state index contributed by atoms with van der Waals surface area (Å²) < 4.78 is 14.3. The lowest BCUT2D eigenvalue weighted by molar-refractivity contribution is -0.136. The number of methoxy groups -OCH3 is 1. The number of hydrogen-bond donors (Lipinski definition) is 1. The molecule has 4 rings (SSSR count). The second-order valence-electron chi connectivity index (χ2n) is 7.53. The zero-order chi connectivity index (χ0) is 22.8. The highest BCUT2D eigenvalue weighted by molar-refractivity contribution is 6.30. The van der Waals surface area contributed by atoms with Crippen LogP contribution in [0.5, 0.6) is 5.75 Å². The van der Waals surface area contributed by atoms with E-state index in [4.69, 9.17) is 26.8 Å². The lowest BCUT2D eigenvalue weighted by Gasteiger charge is -2.29. The van der Waals surface area contributed by atoms with Crippen LogP contribution in [0.3, 0.4) is 0 Å². The van der Waals surface area contributed by atoms with Gasteiger partial charge in [-0.2, -0.15) is 0 Å². The van der Waals surface area contributed by atoms with Crippen LogP contribution in [0.15, 0.2) is 65.3 Å². The van der Waals surface area contributed by atoms with Gasteiger partial charge in [-0.3, -0.25) is 4.79 Å². The average molecular weight is 455 g/mol. The number of carbonyl (C=O) groups excluding carboxylic acids is 1. The van der Waals surface area contributed by atoms with Gasteiger partial charge in [-0.05, 0) is 31.0 Å². The molecule has 32 heavy (non-hydrogen) atoms. The molecule has 3 aromatic rings. The molecule has 0 bridgehead atoms. The van der Waals surface area contributed by atoms with Crippen LogP contribution in [0.1, 0.15) is 29.2 Å². The maximum absolute atomic E-state index is 13.7. The van der Waals surface area contributed by atoms with Crippen LogP contribution in [0.4, 0.5) is 0 Å². The zero-order valence-electron chi connectivity index (χ0n) is 17.7. The summed E-state index contributed by atoms with van der Waals surface area (Å²) in [7, 11) is 1.26. The van der Waals surface area contributed by atoms with Crippen LogP contribution in [-0.2, 0) is 22.6 Å². The van der Waals surface area contributed by atoms with Crippen molar-refractivity contribution in [1.29, 1.82) is 0 Å². The molecule has 2 aromatic heterocycles. The summed E-state index contributed by atoms with van der Waals surface area (Å²) in [6.45, 7) is 3.06. The Kier molecular flexibility index (Phi) is 6.05. The third-order valence-electron chi connectivity index (χ3n) is 5.54. The molecule has 9 heteroatoms. The van der Waals surface area contributed by atoms with Crippen molar-refractivity contribution in [1.82, 2.24) is 14.1 Å². The molecule has 0 saturated heterocycles. The van der Waals surface area contributed by atoms with E-state index < -0.39 is 11.9 Å². The summed E-state index contributed by atoms with van der Waals surface area (Å²) in [4.78, 5) is 30.3. The van der Waals surface area contributed by atoms with E-state index in [9.17, 15) is 9.59 Å². The van der Waals surface area contributed by atoms with Crippen molar-refractivity contribution in [2.75, 3.05) is 7.11 Å². The van der Waals surface area contributed by atoms with Gasteiger partial charge >= 0.3 is 5.97 Å². The molecule has 0 radical (unpaired) electrons. The first kappa shape index (κ1) is 21.7. The standard InChI is InChI=1S/C23H23ClN4O4/c1-14-12-17-19(22(29)28(14)10-3-9-27-11-8-26-13-27)18(15-4-6-16(24)7-5-15)20(21(25)32-17)23(30)31-2/h4-8,11-13,18H,3,9-10,25H2,1-2H3/t18-/m0/s1. The molecule has 0 aliphatic carbocycles. The van der Waals surface area contributed by atoms with E-state index in [1.54, 1.807) is 47.4 Å². The number of aromatic nitrogens is 3. The molecule has 1 atom stereocenters. The van der Waals surface area contributed by atoms with Gasteiger partial charge in [0.05, 0.1) is 24.9 Å². The Morgan fingerprint density at radius 1 is 1.28 bits per heavy atom. The number of rotatable bonds is 6. The van der Waals surface area contributed by atoms with E-state index in [0.717, 1.165) is 18.7 Å². The van der Waals surface area contributed by atoms with Gasteiger partial charge in [0, 0.05) is 42.3 Å². The molecule has 0 saturated carbocycles. The van der Waals surface area contributed by atoms with Crippen LogP contribution in [0.2, 0.25) is 5.02 Å². The topological polar surface area (TPSA) is 101 Å². The Morgan fingerprint density at radius 3 is 2.69 bits per heavy atom. The maximum atomic E-state index is 13.7. The van der Waals surface area contributed by atoms with Crippen LogP contribution in [0.25, 0.3) is 0 Å². The fourth-order valence-electron chi connectivity index (χ4n) is 3.99. The number of esters is 1. The Hall–Kier alpha value is -3.52. The minimum atomic E-state index is -0.739. The highest BCUT2D eigenvalue weighted by Gasteiger charge is 2.38. The van der Waals surface area contributed by atoms with Crippen molar-refractivity contribution in [2.45, 2.75) is 32.4 Å². The Labute approximate surface area is 189 Å². The fourth-order valence-corrected chi connectivity index (χ4v) is 4.12. The van der Waals surface area contributed by atoms with Gasteiger partial charge in [0.1, 0.15) is 11.3 Å². The lowest BCUT2D eigenvalue weighted by Crippen LogP contribution is -2.35. The molecule has 0 amide bonds. The lowest BCUT2D eigenvalue weighted by atomic mass is 9.83. The number of nitrogens with zero attached hydrogens (tertiary/aromatic N) is 3. The third kappa shape index (κ3) is 4.01. The van der Waals surface area contributed by atoms with Crippen molar-refractivity contribution in [3.05, 3.63) is 92.7 Å². The number of nitrogens with two attached hydrogens (primary N) is 1. The predicted octanol–water partition coefficient (Wildman–Crippen LogP) is 2.96. The number of benzene rings is 1. The Morgan fingerprint density at radius 2 is 2.03 bits per heavy atom. The molecule has 1 aromatic carbocycles. The van der Waals surface area contributed by atoms with Gasteiger partial charge in [0.2, 0.25) is 5.88 Å². The second kappa shape index (κ2) is 8.92. The van der Waals surface area contributed by atoms with Crippen LogP contribution >= 0.6 is 11.6 Å². The number of fused-ring (bicyclic) bond motifs is 1. The van der Waals surface area contributed by atoms with Gasteiger partial charge < -0.3 is 24.3 Å². The van der Waals surface area contributed by atoms with Crippen LogP contribution < -0.4 is 16.0 Å². The highest BCUT2D eigenvalue weighted by Crippen LogP contribution is 2.41. The molecule has 1 aliphatic heterocycles. The number of carbonyl (C=O) groups is 1. The maximum Gasteiger partial charge on any atom is 0.340 e.